The summed E-state index contributed by atoms with van der Waals surface area (Å²) in [6.45, 7) is -0.381. The highest BCUT2D eigenvalue weighted by Crippen LogP contribution is 2.20. The predicted molar refractivity (Wildman–Crippen MR) is 147 cm³/mol. The van der Waals surface area contributed by atoms with Crippen molar-refractivity contribution in [2.24, 2.45) is 0 Å². The van der Waals surface area contributed by atoms with Crippen molar-refractivity contribution < 1.29 is 39.4 Å². The van der Waals surface area contributed by atoms with Crippen molar-refractivity contribution in [3.8, 4) is 0 Å². The van der Waals surface area contributed by atoms with E-state index in [9.17, 15) is 16.8 Å². The van der Waals surface area contributed by atoms with Gasteiger partial charge >= 0.3 is 0 Å². The molecule has 39 heavy (non-hydrogen) atoms. The Morgan fingerprint density at radius 1 is 0.513 bits per heavy atom. The molecule has 2 atom stereocenters. The first-order valence-corrected chi connectivity index (χ1v) is 15.9. The van der Waals surface area contributed by atoms with Crippen molar-refractivity contribution in [2.45, 2.75) is 38.1 Å². The Labute approximate surface area is 230 Å². The van der Waals surface area contributed by atoms with E-state index in [1.807, 2.05) is 91.0 Å². The predicted octanol–water partition coefficient (Wildman–Crippen LogP) is 3.70. The second kappa shape index (κ2) is 15.2. The Bertz CT molecular complexity index is 1230. The SMILES string of the molecule is CS(=O)(=O)OC[C@@H](OCc1ccccc1)C(OCc1ccccc1)[C@@H](COS(C)(=O)=O)OCc1ccccc1. The maximum Gasteiger partial charge on any atom is 0.264 e. The van der Waals surface area contributed by atoms with Crippen LogP contribution in [0.2, 0.25) is 0 Å². The molecule has 0 unspecified atom stereocenters. The van der Waals surface area contributed by atoms with Gasteiger partial charge in [-0.05, 0) is 16.7 Å². The molecule has 9 nitrogen and oxygen atoms in total. The fraction of sp³-hybridized carbons (Fsp3) is 0.357. The van der Waals surface area contributed by atoms with E-state index in [2.05, 4.69) is 0 Å². The first kappa shape index (κ1) is 30.9. The van der Waals surface area contributed by atoms with Gasteiger partial charge in [-0.15, -0.1) is 0 Å². The molecule has 0 N–H and O–H groups in total. The van der Waals surface area contributed by atoms with Gasteiger partial charge in [0.1, 0.15) is 18.3 Å². The lowest BCUT2D eigenvalue weighted by molar-refractivity contribution is -0.165. The molecule has 0 aromatic heterocycles. The number of hydrogen-bond acceptors (Lipinski definition) is 9. The van der Waals surface area contributed by atoms with Crippen LogP contribution in [0.1, 0.15) is 16.7 Å². The van der Waals surface area contributed by atoms with E-state index in [1.54, 1.807) is 0 Å². The van der Waals surface area contributed by atoms with Crippen LogP contribution in [-0.4, -0.2) is 60.9 Å². The molecule has 0 aliphatic rings. The molecule has 0 spiro atoms. The van der Waals surface area contributed by atoms with Gasteiger partial charge in [0.25, 0.3) is 20.2 Å². The van der Waals surface area contributed by atoms with Gasteiger partial charge in [0.2, 0.25) is 0 Å². The Hall–Kier alpha value is -2.64. The van der Waals surface area contributed by atoms with Crippen LogP contribution in [0, 0.1) is 0 Å². The standard InChI is InChI=1S/C28H34O9S2/c1-38(29,30)36-21-26(33-18-23-12-6-3-7-13-23)28(35-20-25-16-10-5-11-17-25)27(22-37-39(2,31)32)34-19-24-14-8-4-9-15-24/h3-17,26-28H,18-22H2,1-2H3/t26-,27-/m1/s1. The first-order chi connectivity index (χ1) is 18.6. The summed E-state index contributed by atoms with van der Waals surface area (Å²) in [5.74, 6) is 0. The lowest BCUT2D eigenvalue weighted by Crippen LogP contribution is -2.47. The highest BCUT2D eigenvalue weighted by Gasteiger charge is 2.35. The largest absolute Gasteiger partial charge is 0.368 e. The van der Waals surface area contributed by atoms with E-state index >= 15 is 0 Å². The van der Waals surface area contributed by atoms with E-state index in [0.717, 1.165) is 29.2 Å². The van der Waals surface area contributed by atoms with Gasteiger partial charge in [0.05, 0.1) is 45.5 Å². The van der Waals surface area contributed by atoms with Crippen LogP contribution in [0.4, 0.5) is 0 Å². The summed E-state index contributed by atoms with van der Waals surface area (Å²) < 4.78 is 76.4. The molecule has 0 amide bonds. The third-order valence-electron chi connectivity index (χ3n) is 5.52. The van der Waals surface area contributed by atoms with Crippen LogP contribution in [-0.2, 0) is 62.6 Å². The highest BCUT2D eigenvalue weighted by molar-refractivity contribution is 7.86. The summed E-state index contributed by atoms with van der Waals surface area (Å²) >= 11 is 0. The Morgan fingerprint density at radius 2 is 0.821 bits per heavy atom. The Kier molecular flexibility index (Phi) is 12.1. The van der Waals surface area contributed by atoms with Gasteiger partial charge in [0.15, 0.2) is 0 Å². The molecule has 0 bridgehead atoms. The summed E-state index contributed by atoms with van der Waals surface area (Å²) in [6.07, 6.45) is -1.02. The number of rotatable bonds is 17. The van der Waals surface area contributed by atoms with Crippen molar-refractivity contribution >= 4 is 20.2 Å². The smallest absolute Gasteiger partial charge is 0.264 e. The molecule has 3 aromatic carbocycles. The minimum atomic E-state index is -3.82. The maximum atomic E-state index is 11.9. The fourth-order valence-electron chi connectivity index (χ4n) is 3.63. The zero-order valence-corrected chi connectivity index (χ0v) is 23.6. The number of benzene rings is 3. The maximum absolute atomic E-state index is 11.9. The van der Waals surface area contributed by atoms with Crippen LogP contribution in [0.25, 0.3) is 0 Å². The lowest BCUT2D eigenvalue weighted by Gasteiger charge is -2.33. The second-order valence-electron chi connectivity index (χ2n) is 8.91. The number of hydrogen-bond donors (Lipinski definition) is 0. The average Bonchev–Trinajstić information content (AvgIpc) is 2.91. The summed E-state index contributed by atoms with van der Waals surface area (Å²) in [5.41, 5.74) is 2.54. The molecule has 0 saturated heterocycles. The Morgan fingerprint density at radius 3 is 1.13 bits per heavy atom. The zero-order chi connectivity index (χ0) is 28.1. The van der Waals surface area contributed by atoms with Gasteiger partial charge in [0, 0.05) is 0 Å². The van der Waals surface area contributed by atoms with Gasteiger partial charge < -0.3 is 14.2 Å². The quantitative estimate of drug-likeness (QED) is 0.221. The van der Waals surface area contributed by atoms with E-state index < -0.39 is 38.5 Å². The lowest BCUT2D eigenvalue weighted by atomic mass is 10.1. The summed E-state index contributed by atoms with van der Waals surface area (Å²) in [5, 5.41) is 0. The topological polar surface area (TPSA) is 114 Å². The first-order valence-electron chi connectivity index (χ1n) is 12.2. The molecule has 0 aliphatic heterocycles. The minimum Gasteiger partial charge on any atom is -0.368 e. The molecule has 11 heteroatoms. The van der Waals surface area contributed by atoms with Gasteiger partial charge in [-0.1, -0.05) is 91.0 Å². The van der Waals surface area contributed by atoms with Crippen molar-refractivity contribution in [1.82, 2.24) is 0 Å². The van der Waals surface area contributed by atoms with Crippen LogP contribution in [0.3, 0.4) is 0 Å². The third kappa shape index (κ3) is 12.4. The molecular formula is C28H34O9S2. The second-order valence-corrected chi connectivity index (χ2v) is 12.2. The molecule has 212 valence electrons. The highest BCUT2D eigenvalue weighted by atomic mass is 32.2. The van der Waals surface area contributed by atoms with Crippen LogP contribution in [0.5, 0.6) is 0 Å². The van der Waals surface area contributed by atoms with Crippen LogP contribution in [0.15, 0.2) is 91.0 Å². The van der Waals surface area contributed by atoms with Crippen molar-refractivity contribution in [3.63, 3.8) is 0 Å². The fourth-order valence-corrected chi connectivity index (χ4v) is 4.40. The molecule has 0 aliphatic carbocycles. The average molecular weight is 579 g/mol. The van der Waals surface area contributed by atoms with Gasteiger partial charge in [-0.3, -0.25) is 8.37 Å². The van der Waals surface area contributed by atoms with Crippen molar-refractivity contribution in [2.75, 3.05) is 25.7 Å². The van der Waals surface area contributed by atoms with E-state index in [4.69, 9.17) is 22.6 Å². The summed E-state index contributed by atoms with van der Waals surface area (Å²) in [6, 6.07) is 28.0. The van der Waals surface area contributed by atoms with Crippen LogP contribution < -0.4 is 0 Å². The van der Waals surface area contributed by atoms with E-state index in [-0.39, 0.29) is 33.0 Å². The molecule has 3 rings (SSSR count). The number of ether oxygens (including phenoxy) is 3. The summed E-state index contributed by atoms with van der Waals surface area (Å²) in [4.78, 5) is 0. The van der Waals surface area contributed by atoms with E-state index in [0.29, 0.717) is 0 Å². The van der Waals surface area contributed by atoms with Gasteiger partial charge in [-0.2, -0.15) is 16.8 Å². The van der Waals surface area contributed by atoms with Crippen molar-refractivity contribution in [1.29, 1.82) is 0 Å². The van der Waals surface area contributed by atoms with E-state index in [1.165, 1.54) is 0 Å². The molecular weight excluding hydrogens is 544 g/mol. The summed E-state index contributed by atoms with van der Waals surface area (Å²) in [7, 11) is -7.65. The third-order valence-corrected chi connectivity index (χ3v) is 6.65. The monoisotopic (exact) mass is 578 g/mol. The molecule has 0 saturated carbocycles. The Balaban J connectivity index is 1.92. The zero-order valence-electron chi connectivity index (χ0n) is 21.9. The molecule has 0 fully saturated rings. The van der Waals surface area contributed by atoms with Crippen LogP contribution >= 0.6 is 0 Å². The normalized spacial score (nSPS) is 13.8. The molecule has 3 aromatic rings. The van der Waals surface area contributed by atoms with Crippen molar-refractivity contribution in [3.05, 3.63) is 108 Å². The molecule has 0 radical (unpaired) electrons. The van der Waals surface area contributed by atoms with Gasteiger partial charge in [-0.25, -0.2) is 0 Å². The minimum absolute atomic E-state index is 0.125. The molecule has 0 heterocycles.